The summed E-state index contributed by atoms with van der Waals surface area (Å²) in [4.78, 5) is 30.4. The number of ether oxygens (including phenoxy) is 1. The van der Waals surface area contributed by atoms with Crippen molar-refractivity contribution in [1.82, 2.24) is 10.2 Å². The fourth-order valence-corrected chi connectivity index (χ4v) is 7.60. The molecule has 8 nitrogen and oxygen atoms in total. The molecule has 1 aliphatic rings. The van der Waals surface area contributed by atoms with Gasteiger partial charge in [0, 0.05) is 17.5 Å². The minimum absolute atomic E-state index is 0.0235. The van der Waals surface area contributed by atoms with Crippen LogP contribution in [0.2, 0.25) is 10.0 Å². The van der Waals surface area contributed by atoms with E-state index < -0.39 is 28.5 Å². The Morgan fingerprint density at radius 3 is 2.31 bits per heavy atom. The highest BCUT2D eigenvalue weighted by Crippen LogP contribution is 2.34. The number of nitrogens with one attached hydrogen (secondary N) is 1. The highest BCUT2D eigenvalue weighted by atomic mass is 35.5. The smallest absolute Gasteiger partial charge is 0.264 e. The first-order valence-corrected chi connectivity index (χ1v) is 18.4. The summed E-state index contributed by atoms with van der Waals surface area (Å²) in [5, 5.41) is 3.79. The molecule has 0 aromatic heterocycles. The van der Waals surface area contributed by atoms with E-state index in [4.69, 9.17) is 27.9 Å². The van der Waals surface area contributed by atoms with E-state index in [-0.39, 0.29) is 29.1 Å². The third-order valence-corrected chi connectivity index (χ3v) is 11.0. The number of benzene rings is 3. The van der Waals surface area contributed by atoms with Crippen molar-refractivity contribution in [2.45, 2.75) is 74.4 Å². The van der Waals surface area contributed by atoms with Crippen molar-refractivity contribution in [3.63, 3.8) is 0 Å². The summed E-state index contributed by atoms with van der Waals surface area (Å²) < 4.78 is 35.4. The highest BCUT2D eigenvalue weighted by Gasteiger charge is 2.35. The van der Waals surface area contributed by atoms with Crippen molar-refractivity contribution in [2.24, 2.45) is 0 Å². The zero-order valence-corrected chi connectivity index (χ0v) is 28.8. The van der Waals surface area contributed by atoms with Gasteiger partial charge in [-0.1, -0.05) is 61.2 Å². The second-order valence-electron chi connectivity index (χ2n) is 10.8. The van der Waals surface area contributed by atoms with Crippen LogP contribution in [-0.2, 0) is 26.2 Å². The number of nitrogens with zero attached hydrogens (tertiary/aromatic N) is 2. The molecule has 1 N–H and O–H groups in total. The van der Waals surface area contributed by atoms with Gasteiger partial charge in [0.2, 0.25) is 11.8 Å². The number of thioether (sulfide) groups is 1. The van der Waals surface area contributed by atoms with Crippen molar-refractivity contribution in [3.05, 3.63) is 82.3 Å². The normalized spacial score (nSPS) is 14.2. The first-order chi connectivity index (χ1) is 21.6. The number of amides is 2. The minimum Gasteiger partial charge on any atom is -0.492 e. The third kappa shape index (κ3) is 8.67. The molecule has 45 heavy (non-hydrogen) atoms. The molecule has 0 bridgehead atoms. The van der Waals surface area contributed by atoms with Gasteiger partial charge in [0.05, 0.1) is 27.2 Å². The number of para-hydroxylation sites is 2. The maximum atomic E-state index is 14.4. The molecule has 2 amide bonds. The Kier molecular flexibility index (Phi) is 12.5. The summed E-state index contributed by atoms with van der Waals surface area (Å²) in [6, 6.07) is 17.4. The summed E-state index contributed by atoms with van der Waals surface area (Å²) in [5.41, 5.74) is 0.876. The van der Waals surface area contributed by atoms with Crippen LogP contribution in [0, 0.1) is 0 Å². The second-order valence-corrected chi connectivity index (χ2v) is 14.3. The molecule has 0 aliphatic heterocycles. The molecule has 1 atom stereocenters. The van der Waals surface area contributed by atoms with Crippen molar-refractivity contribution < 1.29 is 22.7 Å². The molecule has 0 heterocycles. The third-order valence-electron chi connectivity index (χ3n) is 7.78. The number of hydrogen-bond acceptors (Lipinski definition) is 6. The largest absolute Gasteiger partial charge is 0.492 e. The summed E-state index contributed by atoms with van der Waals surface area (Å²) in [6.07, 6.45) is 6.08. The van der Waals surface area contributed by atoms with Crippen molar-refractivity contribution in [1.29, 1.82) is 0 Å². The van der Waals surface area contributed by atoms with Gasteiger partial charge >= 0.3 is 0 Å². The number of rotatable bonds is 14. The van der Waals surface area contributed by atoms with Crippen LogP contribution in [0.4, 0.5) is 5.69 Å². The van der Waals surface area contributed by atoms with Gasteiger partial charge in [0.15, 0.2) is 0 Å². The van der Waals surface area contributed by atoms with Crippen LogP contribution in [0.25, 0.3) is 0 Å². The maximum absolute atomic E-state index is 14.4. The molecule has 1 saturated carbocycles. The van der Waals surface area contributed by atoms with E-state index in [9.17, 15) is 18.0 Å². The molecular formula is C33H39Cl2N3O5S2. The molecule has 0 radical (unpaired) electrons. The molecule has 12 heteroatoms. The van der Waals surface area contributed by atoms with Crippen LogP contribution >= 0.6 is 35.0 Å². The number of sulfonamides is 1. The van der Waals surface area contributed by atoms with Gasteiger partial charge in [0.25, 0.3) is 10.0 Å². The number of anilines is 1. The molecule has 4 rings (SSSR count). The van der Waals surface area contributed by atoms with Gasteiger partial charge in [-0.05, 0) is 86.5 Å². The Morgan fingerprint density at radius 2 is 1.69 bits per heavy atom. The lowest BCUT2D eigenvalue weighted by atomic mass is 10.1. The predicted molar refractivity (Wildman–Crippen MR) is 182 cm³/mol. The summed E-state index contributed by atoms with van der Waals surface area (Å²) in [6.45, 7) is 3.39. The van der Waals surface area contributed by atoms with E-state index in [1.165, 1.54) is 28.8 Å². The topological polar surface area (TPSA) is 96.0 Å². The van der Waals surface area contributed by atoms with E-state index in [0.29, 0.717) is 34.4 Å². The van der Waals surface area contributed by atoms with E-state index in [1.807, 2.05) is 13.2 Å². The Bertz CT molecular complexity index is 1580. The van der Waals surface area contributed by atoms with Crippen LogP contribution in [0.15, 0.2) is 76.5 Å². The maximum Gasteiger partial charge on any atom is 0.264 e. The monoisotopic (exact) mass is 691 g/mol. The zero-order valence-electron chi connectivity index (χ0n) is 25.7. The summed E-state index contributed by atoms with van der Waals surface area (Å²) in [5.74, 6) is -0.501. The molecule has 3 aromatic rings. The van der Waals surface area contributed by atoms with Gasteiger partial charge in [0.1, 0.15) is 18.3 Å². The number of carbonyl (C=O) groups excluding carboxylic acids is 2. The minimum atomic E-state index is -4.25. The Labute approximate surface area is 280 Å². The Morgan fingerprint density at radius 1 is 1.00 bits per heavy atom. The van der Waals surface area contributed by atoms with Gasteiger partial charge in [-0.25, -0.2) is 8.42 Å². The van der Waals surface area contributed by atoms with Crippen molar-refractivity contribution in [3.8, 4) is 5.75 Å². The van der Waals surface area contributed by atoms with E-state index in [1.54, 1.807) is 61.5 Å². The second kappa shape index (κ2) is 16.1. The molecule has 242 valence electrons. The van der Waals surface area contributed by atoms with Crippen LogP contribution in [0.3, 0.4) is 0 Å². The molecule has 1 fully saturated rings. The van der Waals surface area contributed by atoms with Gasteiger partial charge in [-0.15, -0.1) is 11.8 Å². The summed E-state index contributed by atoms with van der Waals surface area (Å²) in [7, 11) is -4.25. The zero-order chi connectivity index (χ0) is 32.6. The van der Waals surface area contributed by atoms with Crippen LogP contribution in [0.5, 0.6) is 5.75 Å². The lowest BCUT2D eigenvalue weighted by Gasteiger charge is -2.34. The summed E-state index contributed by atoms with van der Waals surface area (Å²) >= 11 is 14.0. The van der Waals surface area contributed by atoms with Crippen molar-refractivity contribution >= 4 is 62.5 Å². The number of carbonyl (C=O) groups is 2. The van der Waals surface area contributed by atoms with Gasteiger partial charge in [-0.2, -0.15) is 0 Å². The fourth-order valence-electron chi connectivity index (χ4n) is 5.45. The molecular weight excluding hydrogens is 653 g/mol. The Hall–Kier alpha value is -2.92. The SMILES string of the molecule is CCOc1ccccc1N(CC(=O)N(Cc1ccc(Cl)c(Cl)c1)[C@@H](CC)C(=O)NC1CCCC1)S(=O)(=O)c1ccc(SC)cc1. The fraction of sp³-hybridized carbons (Fsp3) is 0.394. The van der Waals surface area contributed by atoms with Crippen LogP contribution in [0.1, 0.15) is 51.5 Å². The number of hydrogen-bond donors (Lipinski definition) is 1. The van der Waals surface area contributed by atoms with Crippen LogP contribution < -0.4 is 14.4 Å². The van der Waals surface area contributed by atoms with Crippen LogP contribution in [-0.4, -0.2) is 56.6 Å². The molecule has 3 aromatic carbocycles. The standard InChI is InChI=1S/C33H39Cl2N3O5S2/c1-4-29(33(40)36-24-10-6-7-11-24)37(21-23-14-19-27(34)28(35)20-23)32(39)22-38(30-12-8-9-13-31(30)43-5-2)45(41,42)26-17-15-25(44-3)16-18-26/h8-9,12-20,24,29H,4-7,10-11,21-22H2,1-3H3,(H,36,40)/t29-/m0/s1. The average molecular weight is 693 g/mol. The molecule has 0 spiro atoms. The van der Waals surface area contributed by atoms with Gasteiger partial charge in [-0.3, -0.25) is 13.9 Å². The lowest BCUT2D eigenvalue weighted by Crippen LogP contribution is -2.53. The molecule has 0 saturated heterocycles. The number of halogens is 2. The first-order valence-electron chi connectivity index (χ1n) is 15.0. The van der Waals surface area contributed by atoms with Gasteiger partial charge < -0.3 is 15.0 Å². The lowest BCUT2D eigenvalue weighted by molar-refractivity contribution is -0.140. The Balaban J connectivity index is 1.76. The first kappa shape index (κ1) is 34.9. The average Bonchev–Trinajstić information content (AvgIpc) is 3.55. The quantitative estimate of drug-likeness (QED) is 0.180. The molecule has 1 aliphatic carbocycles. The predicted octanol–water partition coefficient (Wildman–Crippen LogP) is 7.18. The van der Waals surface area contributed by atoms with Crippen molar-refractivity contribution in [2.75, 3.05) is 23.7 Å². The van der Waals surface area contributed by atoms with E-state index in [2.05, 4.69) is 5.32 Å². The van der Waals surface area contributed by atoms with E-state index in [0.717, 1.165) is 34.9 Å². The van der Waals surface area contributed by atoms with E-state index >= 15 is 0 Å². The molecule has 0 unspecified atom stereocenters. The highest BCUT2D eigenvalue weighted by molar-refractivity contribution is 7.98.